The molecule has 0 aliphatic carbocycles. The van der Waals surface area contributed by atoms with Gasteiger partial charge in [0.25, 0.3) is 7.82 Å². The van der Waals surface area contributed by atoms with Crippen molar-refractivity contribution in [2.45, 2.75) is 84.1 Å². The summed E-state index contributed by atoms with van der Waals surface area (Å²) in [5.41, 5.74) is 0. The zero-order valence-corrected chi connectivity index (χ0v) is 16.5. The molecule has 1 N–H and O–H groups in total. The van der Waals surface area contributed by atoms with E-state index in [1.54, 1.807) is 0 Å². The highest BCUT2D eigenvalue weighted by Gasteiger charge is 2.24. The predicted molar refractivity (Wildman–Crippen MR) is 94.1 cm³/mol. The van der Waals surface area contributed by atoms with Gasteiger partial charge < -0.3 is 18.8 Å². The Kier molecular flexibility index (Phi) is 12.5. The third-order valence-electron chi connectivity index (χ3n) is 4.76. The Labute approximate surface area is 143 Å². The Bertz CT molecular complexity index is 331. The van der Waals surface area contributed by atoms with Crippen LogP contribution in [0.1, 0.15) is 78.1 Å². The predicted octanol–water partition coefficient (Wildman–Crippen LogP) is 3.85. The maximum Gasteiger partial charge on any atom is 0.265 e. The number of nitrogens with zero attached hydrogens (tertiary/aromatic N) is 1. The Hall–Kier alpha value is 0.0700. The first-order valence-corrected chi connectivity index (χ1v) is 10.7. The number of phosphoric acid groups is 1. The van der Waals surface area contributed by atoms with E-state index in [4.69, 9.17) is 4.89 Å². The molecule has 0 aromatic carbocycles. The molecule has 0 aromatic heterocycles. The Morgan fingerprint density at radius 1 is 1.00 bits per heavy atom. The van der Waals surface area contributed by atoms with Gasteiger partial charge in [0.2, 0.25) is 0 Å². The van der Waals surface area contributed by atoms with E-state index in [1.165, 1.54) is 57.8 Å². The number of quaternary nitrogens is 1. The van der Waals surface area contributed by atoms with Crippen molar-refractivity contribution in [3.05, 3.63) is 0 Å². The van der Waals surface area contributed by atoms with Crippen LogP contribution in [-0.2, 0) is 9.09 Å². The molecular formula is C17H38NO4P. The summed E-state index contributed by atoms with van der Waals surface area (Å²) >= 11 is 0. The molecule has 5 nitrogen and oxygen atoms in total. The van der Waals surface area contributed by atoms with Gasteiger partial charge in [-0.1, -0.05) is 58.3 Å². The van der Waals surface area contributed by atoms with Crippen molar-refractivity contribution in [3.8, 4) is 0 Å². The molecule has 6 heteroatoms. The Morgan fingerprint density at radius 2 is 1.43 bits per heavy atom. The lowest BCUT2D eigenvalue weighted by Gasteiger charge is -2.36. The topological polar surface area (TPSA) is 69.6 Å². The average molecular weight is 351 g/mol. The van der Waals surface area contributed by atoms with Crippen LogP contribution < -0.4 is 4.89 Å². The van der Waals surface area contributed by atoms with Crippen molar-refractivity contribution in [2.24, 2.45) is 0 Å². The van der Waals surface area contributed by atoms with Gasteiger partial charge in [-0.25, -0.2) is 0 Å². The summed E-state index contributed by atoms with van der Waals surface area (Å²) in [6.07, 6.45) is 13.1. The summed E-state index contributed by atoms with van der Waals surface area (Å²) in [7, 11) is -0.447. The van der Waals surface area contributed by atoms with Gasteiger partial charge in [-0.3, -0.25) is 4.57 Å². The average Bonchev–Trinajstić information content (AvgIpc) is 2.45. The first kappa shape index (κ1) is 23.1. The van der Waals surface area contributed by atoms with E-state index in [0.717, 1.165) is 13.0 Å². The molecule has 140 valence electrons. The van der Waals surface area contributed by atoms with Crippen molar-refractivity contribution in [1.82, 2.24) is 0 Å². The molecule has 0 rings (SSSR count). The second kappa shape index (κ2) is 12.4. The number of hydrogen-bond donors (Lipinski definition) is 1. The molecule has 0 heterocycles. The third kappa shape index (κ3) is 14.1. The van der Waals surface area contributed by atoms with Crippen molar-refractivity contribution >= 4 is 7.82 Å². The second-order valence-corrected chi connectivity index (χ2v) is 8.49. The van der Waals surface area contributed by atoms with E-state index < -0.39 is 7.82 Å². The summed E-state index contributed by atoms with van der Waals surface area (Å²) in [5.74, 6) is 0. The first-order valence-electron chi connectivity index (χ1n) is 9.20. The molecule has 23 heavy (non-hydrogen) atoms. The zero-order chi connectivity index (χ0) is 17.8. The summed E-state index contributed by atoms with van der Waals surface area (Å²) in [5, 5.41) is 0. The molecule has 0 fully saturated rings. The SMILES string of the molecule is CCCCCCCCCCCC[N+](C)(C)C(C)COP(=O)([O-])O. The maximum atomic E-state index is 10.7. The monoisotopic (exact) mass is 351 g/mol. The van der Waals surface area contributed by atoms with Crippen molar-refractivity contribution in [1.29, 1.82) is 0 Å². The van der Waals surface area contributed by atoms with E-state index in [0.29, 0.717) is 4.48 Å². The first-order chi connectivity index (χ1) is 10.7. The van der Waals surface area contributed by atoms with Gasteiger partial charge in [-0.15, -0.1) is 0 Å². The van der Waals surface area contributed by atoms with Gasteiger partial charge >= 0.3 is 0 Å². The quantitative estimate of drug-likeness (QED) is 0.276. The molecule has 0 aliphatic heterocycles. The van der Waals surface area contributed by atoms with Gasteiger partial charge in [0.1, 0.15) is 12.6 Å². The van der Waals surface area contributed by atoms with Crippen LogP contribution in [0.15, 0.2) is 0 Å². The number of unbranched alkanes of at least 4 members (excludes halogenated alkanes) is 9. The number of likely N-dealkylation sites (N-methyl/N-ethyl adjacent to an activating group) is 1. The number of rotatable bonds is 15. The molecule has 0 aromatic rings. The van der Waals surface area contributed by atoms with Gasteiger partial charge in [0.15, 0.2) is 0 Å². The minimum atomic E-state index is -4.60. The van der Waals surface area contributed by atoms with E-state index in [9.17, 15) is 9.46 Å². The minimum absolute atomic E-state index is 0.0298. The molecule has 2 unspecified atom stereocenters. The lowest BCUT2D eigenvalue weighted by atomic mass is 10.1. The lowest BCUT2D eigenvalue weighted by molar-refractivity contribution is -0.913. The maximum absolute atomic E-state index is 10.7. The van der Waals surface area contributed by atoms with Crippen LogP contribution in [0, 0.1) is 0 Å². The van der Waals surface area contributed by atoms with Crippen LogP contribution in [0.5, 0.6) is 0 Å². The number of hydrogen-bond acceptors (Lipinski definition) is 3. The molecule has 0 saturated carbocycles. The van der Waals surface area contributed by atoms with Crippen molar-refractivity contribution in [2.75, 3.05) is 27.2 Å². The Balaban J connectivity index is 3.63. The molecule has 0 aliphatic rings. The van der Waals surface area contributed by atoms with Gasteiger partial charge in [0.05, 0.1) is 20.6 Å². The number of phosphoric ester groups is 1. The van der Waals surface area contributed by atoms with Crippen LogP contribution in [0.4, 0.5) is 0 Å². The highest BCUT2D eigenvalue weighted by Crippen LogP contribution is 2.31. The normalized spacial score (nSPS) is 16.3. The fourth-order valence-corrected chi connectivity index (χ4v) is 3.04. The molecular weight excluding hydrogens is 313 g/mol. The van der Waals surface area contributed by atoms with Crippen molar-refractivity contribution in [3.63, 3.8) is 0 Å². The second-order valence-electron chi connectivity index (χ2n) is 7.30. The van der Waals surface area contributed by atoms with E-state index in [1.807, 2.05) is 6.92 Å². The molecule has 0 radical (unpaired) electrons. The molecule has 0 spiro atoms. The van der Waals surface area contributed by atoms with Crippen molar-refractivity contribution < 1.29 is 23.4 Å². The molecule has 0 amide bonds. The Morgan fingerprint density at radius 3 is 1.87 bits per heavy atom. The summed E-state index contributed by atoms with van der Waals surface area (Å²) in [6, 6.07) is 0.0305. The zero-order valence-electron chi connectivity index (χ0n) is 15.6. The van der Waals surface area contributed by atoms with Gasteiger partial charge in [-0.2, -0.15) is 0 Å². The highest BCUT2D eigenvalue weighted by molar-refractivity contribution is 7.44. The standard InChI is InChI=1S/C17H38NO4P/c1-5-6-7-8-9-10-11-12-13-14-15-18(3,4)17(2)16-22-23(19,20)21/h17H,5-16H2,1-4H3,(H-,19,20,21). The van der Waals surface area contributed by atoms with E-state index in [-0.39, 0.29) is 12.6 Å². The van der Waals surface area contributed by atoms with Gasteiger partial charge in [0, 0.05) is 0 Å². The molecule has 2 atom stereocenters. The minimum Gasteiger partial charge on any atom is -0.756 e. The van der Waals surface area contributed by atoms with E-state index >= 15 is 0 Å². The van der Waals surface area contributed by atoms with Crippen LogP contribution in [0.3, 0.4) is 0 Å². The largest absolute Gasteiger partial charge is 0.756 e. The van der Waals surface area contributed by atoms with Crippen LogP contribution in [0.25, 0.3) is 0 Å². The van der Waals surface area contributed by atoms with Crippen LogP contribution in [-0.4, -0.2) is 42.7 Å². The third-order valence-corrected chi connectivity index (χ3v) is 5.24. The summed E-state index contributed by atoms with van der Waals surface area (Å²) in [4.78, 5) is 19.3. The van der Waals surface area contributed by atoms with Crippen LogP contribution >= 0.6 is 7.82 Å². The highest BCUT2D eigenvalue weighted by atomic mass is 31.2. The summed E-state index contributed by atoms with van der Waals surface area (Å²) in [6.45, 7) is 5.22. The smallest absolute Gasteiger partial charge is 0.265 e. The molecule has 0 saturated heterocycles. The fourth-order valence-electron chi connectivity index (χ4n) is 2.63. The van der Waals surface area contributed by atoms with E-state index in [2.05, 4.69) is 25.5 Å². The van der Waals surface area contributed by atoms with Gasteiger partial charge in [-0.05, 0) is 19.8 Å². The van der Waals surface area contributed by atoms with Crippen LogP contribution in [0.2, 0.25) is 0 Å². The fraction of sp³-hybridized carbons (Fsp3) is 1.00. The lowest BCUT2D eigenvalue weighted by Crippen LogP contribution is -2.50. The summed E-state index contributed by atoms with van der Waals surface area (Å²) < 4.78 is 15.9. The molecule has 0 bridgehead atoms.